The van der Waals surface area contributed by atoms with Gasteiger partial charge in [0.2, 0.25) is 0 Å². The fourth-order valence-corrected chi connectivity index (χ4v) is 2.63. The van der Waals surface area contributed by atoms with Crippen molar-refractivity contribution in [3.63, 3.8) is 0 Å². The van der Waals surface area contributed by atoms with Crippen LogP contribution in [-0.4, -0.2) is 4.57 Å². The lowest BCUT2D eigenvalue weighted by atomic mass is 9.98. The molecule has 0 spiro atoms. The van der Waals surface area contributed by atoms with Crippen LogP contribution in [0, 0.1) is 17.5 Å². The van der Waals surface area contributed by atoms with E-state index in [2.05, 4.69) is 0 Å². The lowest BCUT2D eigenvalue weighted by Crippen LogP contribution is -2.26. The van der Waals surface area contributed by atoms with E-state index in [9.17, 15) is 18.0 Å². The topological polar surface area (TPSA) is 22.0 Å². The number of halogens is 3. The van der Waals surface area contributed by atoms with Crippen LogP contribution < -0.4 is 5.56 Å². The Kier molecular flexibility index (Phi) is 4.51. The van der Waals surface area contributed by atoms with E-state index in [1.165, 1.54) is 28.8 Å². The maximum Gasteiger partial charge on any atom is 0.251 e. The molecule has 3 rings (SSSR count). The van der Waals surface area contributed by atoms with Crippen LogP contribution in [0.5, 0.6) is 0 Å². The number of hydrogen-bond donors (Lipinski definition) is 0. The smallest absolute Gasteiger partial charge is 0.251 e. The van der Waals surface area contributed by atoms with E-state index in [1.807, 2.05) is 0 Å². The van der Waals surface area contributed by atoms with E-state index in [0.717, 1.165) is 23.9 Å². The summed E-state index contributed by atoms with van der Waals surface area (Å²) in [5.41, 5.74) is 1.07. The fourth-order valence-electron chi connectivity index (χ4n) is 2.63. The van der Waals surface area contributed by atoms with Gasteiger partial charge in [-0.25, -0.2) is 13.2 Å². The van der Waals surface area contributed by atoms with Gasteiger partial charge in [0.15, 0.2) is 0 Å². The Balaban J connectivity index is 2.06. The van der Waals surface area contributed by atoms with Crippen LogP contribution in [0.3, 0.4) is 0 Å². The molecule has 1 atom stereocenters. The van der Waals surface area contributed by atoms with Crippen molar-refractivity contribution in [1.82, 2.24) is 4.57 Å². The number of pyridine rings is 1. The quantitative estimate of drug-likeness (QED) is 0.706. The molecule has 0 aliphatic carbocycles. The average molecular weight is 329 g/mol. The molecule has 122 valence electrons. The number of nitrogens with zero attached hydrogens (tertiary/aromatic N) is 1. The largest absolute Gasteiger partial charge is 0.305 e. The molecular weight excluding hydrogens is 315 g/mol. The van der Waals surface area contributed by atoms with Crippen LogP contribution in [0.2, 0.25) is 0 Å². The van der Waals surface area contributed by atoms with Crippen molar-refractivity contribution in [2.45, 2.75) is 12.5 Å². The summed E-state index contributed by atoms with van der Waals surface area (Å²) >= 11 is 0. The average Bonchev–Trinajstić information content (AvgIpc) is 2.58. The molecule has 1 aromatic heterocycles. The molecular formula is C19H14F3NO. The fraction of sp³-hybridized carbons (Fsp3) is 0.105. The first kappa shape index (κ1) is 16.1. The highest BCUT2D eigenvalue weighted by Crippen LogP contribution is 2.23. The van der Waals surface area contributed by atoms with Crippen molar-refractivity contribution in [2.24, 2.45) is 0 Å². The molecule has 0 amide bonds. The molecule has 5 heteroatoms. The van der Waals surface area contributed by atoms with E-state index in [0.29, 0.717) is 12.0 Å². The first-order valence-corrected chi connectivity index (χ1v) is 7.40. The Morgan fingerprint density at radius 2 is 1.29 bits per heavy atom. The summed E-state index contributed by atoms with van der Waals surface area (Å²) < 4.78 is 41.2. The van der Waals surface area contributed by atoms with Crippen molar-refractivity contribution in [2.75, 3.05) is 0 Å². The molecule has 0 bridgehead atoms. The second-order valence-corrected chi connectivity index (χ2v) is 5.49. The SMILES string of the molecule is O=c1ccc(F)cn1C(Cc1ccc(F)cc1)c1ccc(F)cc1. The third-order valence-electron chi connectivity index (χ3n) is 3.83. The second kappa shape index (κ2) is 6.74. The minimum atomic E-state index is -0.541. The van der Waals surface area contributed by atoms with Crippen molar-refractivity contribution in [3.8, 4) is 0 Å². The molecule has 24 heavy (non-hydrogen) atoms. The first-order valence-electron chi connectivity index (χ1n) is 7.40. The molecule has 3 aromatic rings. The molecule has 2 aromatic carbocycles. The molecule has 1 heterocycles. The Morgan fingerprint density at radius 1 is 0.750 bits per heavy atom. The van der Waals surface area contributed by atoms with Gasteiger partial charge in [0.1, 0.15) is 17.5 Å². The van der Waals surface area contributed by atoms with Gasteiger partial charge in [-0.2, -0.15) is 0 Å². The van der Waals surface area contributed by atoms with Gasteiger partial charge in [-0.05, 0) is 47.9 Å². The van der Waals surface area contributed by atoms with Crippen molar-refractivity contribution in [3.05, 3.63) is 106 Å². The Hall–Kier alpha value is -2.82. The summed E-state index contributed by atoms with van der Waals surface area (Å²) in [5, 5.41) is 0. The minimum Gasteiger partial charge on any atom is -0.305 e. The molecule has 0 aliphatic rings. The van der Waals surface area contributed by atoms with Crippen LogP contribution in [0.15, 0.2) is 71.7 Å². The zero-order valence-corrected chi connectivity index (χ0v) is 12.6. The molecule has 0 fully saturated rings. The zero-order chi connectivity index (χ0) is 17.1. The summed E-state index contributed by atoms with van der Waals surface area (Å²) in [6.07, 6.45) is 1.47. The maximum atomic E-state index is 13.6. The number of aromatic nitrogens is 1. The van der Waals surface area contributed by atoms with Gasteiger partial charge in [-0.3, -0.25) is 4.79 Å². The Morgan fingerprint density at radius 3 is 1.92 bits per heavy atom. The van der Waals surface area contributed by atoms with Gasteiger partial charge in [0.05, 0.1) is 6.04 Å². The third-order valence-corrected chi connectivity index (χ3v) is 3.83. The predicted molar refractivity (Wildman–Crippen MR) is 85.3 cm³/mol. The number of rotatable bonds is 4. The monoisotopic (exact) mass is 329 g/mol. The number of hydrogen-bond acceptors (Lipinski definition) is 1. The summed E-state index contributed by atoms with van der Waals surface area (Å²) in [5.74, 6) is -1.30. The molecule has 0 saturated heterocycles. The lowest BCUT2D eigenvalue weighted by molar-refractivity contribution is 0.526. The van der Waals surface area contributed by atoms with Gasteiger partial charge in [-0.15, -0.1) is 0 Å². The second-order valence-electron chi connectivity index (χ2n) is 5.49. The van der Waals surface area contributed by atoms with E-state index >= 15 is 0 Å². The minimum absolute atomic E-state index is 0.343. The van der Waals surface area contributed by atoms with Crippen LogP contribution in [-0.2, 0) is 6.42 Å². The van der Waals surface area contributed by atoms with E-state index in [-0.39, 0.29) is 11.4 Å². The Bertz CT molecular complexity index is 886. The highest BCUT2D eigenvalue weighted by molar-refractivity contribution is 5.26. The molecule has 1 unspecified atom stereocenters. The van der Waals surface area contributed by atoms with Crippen molar-refractivity contribution in [1.29, 1.82) is 0 Å². The summed E-state index contributed by atoms with van der Waals surface area (Å²) in [7, 11) is 0. The highest BCUT2D eigenvalue weighted by atomic mass is 19.1. The van der Waals surface area contributed by atoms with Crippen LogP contribution in [0.25, 0.3) is 0 Å². The van der Waals surface area contributed by atoms with Crippen LogP contribution >= 0.6 is 0 Å². The van der Waals surface area contributed by atoms with Gasteiger partial charge >= 0.3 is 0 Å². The molecule has 2 nitrogen and oxygen atoms in total. The van der Waals surface area contributed by atoms with E-state index in [1.54, 1.807) is 24.3 Å². The standard InChI is InChI=1S/C19H14F3NO/c20-15-5-1-13(2-6-15)11-18(14-3-7-16(21)8-4-14)23-12-17(22)9-10-19(23)24/h1-10,12,18H,11H2. The normalized spacial score (nSPS) is 12.1. The molecule has 0 saturated carbocycles. The van der Waals surface area contributed by atoms with Crippen LogP contribution in [0.4, 0.5) is 13.2 Å². The first-order chi connectivity index (χ1) is 11.5. The van der Waals surface area contributed by atoms with Crippen molar-refractivity contribution >= 4 is 0 Å². The molecule has 0 aliphatic heterocycles. The van der Waals surface area contributed by atoms with Gasteiger partial charge in [0.25, 0.3) is 5.56 Å². The van der Waals surface area contributed by atoms with Crippen molar-refractivity contribution < 1.29 is 13.2 Å². The van der Waals surface area contributed by atoms with Gasteiger partial charge in [-0.1, -0.05) is 24.3 Å². The third kappa shape index (κ3) is 3.56. The Labute approximate surface area is 136 Å². The molecule has 0 N–H and O–H groups in total. The van der Waals surface area contributed by atoms with E-state index < -0.39 is 17.7 Å². The predicted octanol–water partition coefficient (Wildman–Crippen LogP) is 4.10. The van der Waals surface area contributed by atoms with E-state index in [4.69, 9.17) is 0 Å². The zero-order valence-electron chi connectivity index (χ0n) is 12.6. The lowest BCUT2D eigenvalue weighted by Gasteiger charge is -2.21. The highest BCUT2D eigenvalue weighted by Gasteiger charge is 2.17. The summed E-state index contributed by atoms with van der Waals surface area (Å²) in [6.45, 7) is 0. The summed E-state index contributed by atoms with van der Waals surface area (Å²) in [4.78, 5) is 12.2. The van der Waals surface area contributed by atoms with Crippen LogP contribution in [0.1, 0.15) is 17.2 Å². The van der Waals surface area contributed by atoms with Gasteiger partial charge < -0.3 is 4.57 Å². The number of benzene rings is 2. The molecule has 0 radical (unpaired) electrons. The van der Waals surface area contributed by atoms with Gasteiger partial charge in [0, 0.05) is 12.3 Å². The summed E-state index contributed by atoms with van der Waals surface area (Å²) in [6, 6.07) is 13.3. The maximum absolute atomic E-state index is 13.6.